The van der Waals surface area contributed by atoms with Gasteiger partial charge in [-0.15, -0.1) is 0 Å². The van der Waals surface area contributed by atoms with Crippen LogP contribution in [0.4, 0.5) is 5.82 Å². The molecule has 122 valence electrons. The molecule has 0 aliphatic heterocycles. The number of sulfonamides is 1. The highest BCUT2D eigenvalue weighted by atomic mass is 32.2. The van der Waals surface area contributed by atoms with E-state index >= 15 is 0 Å². The molecule has 3 aromatic rings. The summed E-state index contributed by atoms with van der Waals surface area (Å²) in [6.45, 7) is 1.96. The summed E-state index contributed by atoms with van der Waals surface area (Å²) in [5.41, 5.74) is 2.98. The monoisotopic (exact) mass is 338 g/mol. The minimum atomic E-state index is -3.66. The Morgan fingerprint density at radius 1 is 0.917 bits per heavy atom. The molecule has 2 aromatic carbocycles. The first-order chi connectivity index (χ1) is 11.6. The van der Waals surface area contributed by atoms with E-state index in [9.17, 15) is 8.42 Å². The van der Waals surface area contributed by atoms with Crippen LogP contribution >= 0.6 is 0 Å². The first-order valence-electron chi connectivity index (χ1n) is 7.62. The van der Waals surface area contributed by atoms with E-state index in [-0.39, 0.29) is 4.90 Å². The molecular formula is C19H18N2O2S. The zero-order valence-electron chi connectivity index (χ0n) is 13.3. The third-order valence-electron chi connectivity index (χ3n) is 3.80. The average molecular weight is 338 g/mol. The van der Waals surface area contributed by atoms with Gasteiger partial charge in [0.15, 0.2) is 0 Å². The zero-order valence-corrected chi connectivity index (χ0v) is 14.1. The number of nitrogens with zero attached hydrogens (tertiary/aromatic N) is 1. The molecule has 0 aliphatic carbocycles. The first kappa shape index (κ1) is 16.2. The number of pyridine rings is 1. The minimum absolute atomic E-state index is 0.221. The van der Waals surface area contributed by atoms with E-state index in [4.69, 9.17) is 0 Å². The SMILES string of the molecule is Cc1ccnc(NS(=O)(=O)c2ccccc2)c1Cc1ccccc1. The second-order valence-corrected chi connectivity index (χ2v) is 7.22. The predicted octanol–water partition coefficient (Wildman–Crippen LogP) is 3.78. The molecule has 0 aliphatic rings. The maximum absolute atomic E-state index is 12.6. The van der Waals surface area contributed by atoms with Gasteiger partial charge in [0.25, 0.3) is 10.0 Å². The molecule has 5 heteroatoms. The Morgan fingerprint density at radius 3 is 2.21 bits per heavy atom. The lowest BCUT2D eigenvalue weighted by molar-refractivity contribution is 0.601. The number of hydrogen-bond donors (Lipinski definition) is 1. The molecule has 1 aromatic heterocycles. The topological polar surface area (TPSA) is 59.1 Å². The van der Waals surface area contributed by atoms with Crippen molar-refractivity contribution in [1.82, 2.24) is 4.98 Å². The molecular weight excluding hydrogens is 320 g/mol. The fraction of sp³-hybridized carbons (Fsp3) is 0.105. The van der Waals surface area contributed by atoms with Crippen LogP contribution in [-0.4, -0.2) is 13.4 Å². The fourth-order valence-corrected chi connectivity index (χ4v) is 3.55. The lowest BCUT2D eigenvalue weighted by Gasteiger charge is -2.14. The van der Waals surface area contributed by atoms with E-state index in [2.05, 4.69) is 9.71 Å². The standard InChI is InChI=1S/C19H18N2O2S/c1-15-12-13-20-19(18(15)14-16-8-4-2-5-9-16)21-24(22,23)17-10-6-3-7-11-17/h2-13H,14H2,1H3,(H,20,21). The summed E-state index contributed by atoms with van der Waals surface area (Å²) in [5, 5.41) is 0. The number of nitrogens with one attached hydrogen (secondary N) is 1. The van der Waals surface area contributed by atoms with Gasteiger partial charge in [0, 0.05) is 18.2 Å². The van der Waals surface area contributed by atoms with Gasteiger partial charge >= 0.3 is 0 Å². The number of aromatic nitrogens is 1. The number of aryl methyl sites for hydroxylation is 1. The van der Waals surface area contributed by atoms with Crippen LogP contribution in [-0.2, 0) is 16.4 Å². The Morgan fingerprint density at radius 2 is 1.54 bits per heavy atom. The van der Waals surface area contributed by atoms with Gasteiger partial charge in [-0.1, -0.05) is 48.5 Å². The summed E-state index contributed by atoms with van der Waals surface area (Å²) in [6.07, 6.45) is 2.24. The molecule has 0 saturated heterocycles. The number of anilines is 1. The van der Waals surface area contributed by atoms with Crippen molar-refractivity contribution in [2.75, 3.05) is 4.72 Å². The Labute approximate surface area is 142 Å². The van der Waals surface area contributed by atoms with Crippen molar-refractivity contribution < 1.29 is 8.42 Å². The Balaban J connectivity index is 1.96. The number of benzene rings is 2. The van der Waals surface area contributed by atoms with Crippen LogP contribution in [0.1, 0.15) is 16.7 Å². The largest absolute Gasteiger partial charge is 0.263 e. The Hall–Kier alpha value is -2.66. The van der Waals surface area contributed by atoms with Crippen LogP contribution in [0.2, 0.25) is 0 Å². The molecule has 0 amide bonds. The highest BCUT2D eigenvalue weighted by Crippen LogP contribution is 2.23. The summed E-state index contributed by atoms with van der Waals surface area (Å²) in [5.74, 6) is 0.378. The highest BCUT2D eigenvalue weighted by Gasteiger charge is 2.17. The Kier molecular flexibility index (Phi) is 4.62. The molecule has 0 radical (unpaired) electrons. The molecule has 0 bridgehead atoms. The van der Waals surface area contributed by atoms with Gasteiger partial charge in [0.05, 0.1) is 4.90 Å². The summed E-state index contributed by atoms with van der Waals surface area (Å²) in [4.78, 5) is 4.48. The van der Waals surface area contributed by atoms with Crippen molar-refractivity contribution in [1.29, 1.82) is 0 Å². The van der Waals surface area contributed by atoms with Crippen molar-refractivity contribution in [3.8, 4) is 0 Å². The van der Waals surface area contributed by atoms with Gasteiger partial charge in [-0.25, -0.2) is 13.4 Å². The number of hydrogen-bond acceptors (Lipinski definition) is 3. The molecule has 24 heavy (non-hydrogen) atoms. The fourth-order valence-electron chi connectivity index (χ4n) is 2.49. The van der Waals surface area contributed by atoms with Gasteiger partial charge in [-0.05, 0) is 36.2 Å². The van der Waals surface area contributed by atoms with Gasteiger partial charge in [-0.2, -0.15) is 0 Å². The van der Waals surface area contributed by atoms with Crippen LogP contribution in [0.3, 0.4) is 0 Å². The van der Waals surface area contributed by atoms with Gasteiger partial charge < -0.3 is 0 Å². The van der Waals surface area contributed by atoms with Crippen LogP contribution < -0.4 is 4.72 Å². The molecule has 4 nitrogen and oxygen atoms in total. The molecule has 1 N–H and O–H groups in total. The molecule has 0 saturated carbocycles. The van der Waals surface area contributed by atoms with Crippen LogP contribution in [0.15, 0.2) is 77.8 Å². The number of rotatable bonds is 5. The van der Waals surface area contributed by atoms with Crippen molar-refractivity contribution >= 4 is 15.8 Å². The van der Waals surface area contributed by atoms with Crippen LogP contribution in [0.5, 0.6) is 0 Å². The van der Waals surface area contributed by atoms with Crippen LogP contribution in [0, 0.1) is 6.92 Å². The molecule has 0 atom stereocenters. The van der Waals surface area contributed by atoms with E-state index in [1.807, 2.05) is 43.3 Å². The van der Waals surface area contributed by atoms with E-state index < -0.39 is 10.0 Å². The average Bonchev–Trinajstić information content (AvgIpc) is 2.59. The van der Waals surface area contributed by atoms with Crippen molar-refractivity contribution in [2.45, 2.75) is 18.2 Å². The molecule has 0 unspecified atom stereocenters. The van der Waals surface area contributed by atoms with E-state index in [1.165, 1.54) is 0 Å². The van der Waals surface area contributed by atoms with Crippen molar-refractivity contribution in [3.63, 3.8) is 0 Å². The lowest BCUT2D eigenvalue weighted by atomic mass is 10.0. The third-order valence-corrected chi connectivity index (χ3v) is 5.15. The minimum Gasteiger partial charge on any atom is -0.263 e. The molecule has 1 heterocycles. The summed E-state index contributed by atoms with van der Waals surface area (Å²) < 4.78 is 27.8. The van der Waals surface area contributed by atoms with Crippen LogP contribution in [0.25, 0.3) is 0 Å². The van der Waals surface area contributed by atoms with Gasteiger partial charge in [-0.3, -0.25) is 4.72 Å². The summed E-state index contributed by atoms with van der Waals surface area (Å²) in [7, 11) is -3.66. The summed E-state index contributed by atoms with van der Waals surface area (Å²) >= 11 is 0. The first-order valence-corrected chi connectivity index (χ1v) is 9.11. The van der Waals surface area contributed by atoms with Crippen molar-refractivity contribution in [2.24, 2.45) is 0 Å². The van der Waals surface area contributed by atoms with Gasteiger partial charge in [0.1, 0.15) is 5.82 Å². The normalized spacial score (nSPS) is 11.2. The molecule has 3 rings (SSSR count). The smallest absolute Gasteiger partial charge is 0.263 e. The second kappa shape index (κ2) is 6.84. The lowest BCUT2D eigenvalue weighted by Crippen LogP contribution is -2.16. The third kappa shape index (κ3) is 3.63. The molecule has 0 spiro atoms. The molecule has 0 fully saturated rings. The van der Waals surface area contributed by atoms with Gasteiger partial charge in [0.2, 0.25) is 0 Å². The van der Waals surface area contributed by atoms with E-state index in [0.29, 0.717) is 12.2 Å². The Bertz CT molecular complexity index is 924. The second-order valence-electron chi connectivity index (χ2n) is 5.54. The zero-order chi connectivity index (χ0) is 17.0. The maximum atomic E-state index is 12.6. The van der Waals surface area contributed by atoms with Crippen molar-refractivity contribution in [3.05, 3.63) is 89.6 Å². The quantitative estimate of drug-likeness (QED) is 0.770. The summed E-state index contributed by atoms with van der Waals surface area (Å²) in [6, 6.07) is 20.1. The van der Waals surface area contributed by atoms with E-state index in [1.54, 1.807) is 36.5 Å². The van der Waals surface area contributed by atoms with E-state index in [0.717, 1.165) is 16.7 Å². The maximum Gasteiger partial charge on any atom is 0.263 e. The highest BCUT2D eigenvalue weighted by molar-refractivity contribution is 7.92. The predicted molar refractivity (Wildman–Crippen MR) is 95.5 cm³/mol.